The van der Waals surface area contributed by atoms with E-state index in [1.807, 2.05) is 13.8 Å². The van der Waals surface area contributed by atoms with Crippen molar-refractivity contribution in [1.82, 2.24) is 4.98 Å². The number of nitrogens with zero attached hydrogens (tertiary/aromatic N) is 1. The lowest BCUT2D eigenvalue weighted by molar-refractivity contribution is -0.237. The molecule has 11 atom stereocenters. The summed E-state index contributed by atoms with van der Waals surface area (Å²) < 4.78 is 30.7. The highest BCUT2D eigenvalue weighted by Crippen LogP contribution is 2.76. The van der Waals surface area contributed by atoms with Crippen LogP contribution in [0.3, 0.4) is 0 Å². The molecule has 4 fully saturated rings. The van der Waals surface area contributed by atoms with Gasteiger partial charge in [-0.3, -0.25) is 29.0 Å². The van der Waals surface area contributed by atoms with E-state index in [-0.39, 0.29) is 30.7 Å². The van der Waals surface area contributed by atoms with Gasteiger partial charge in [-0.25, -0.2) is 4.79 Å². The Kier molecular flexibility index (Phi) is 9.74. The molecule has 274 valence electrons. The van der Waals surface area contributed by atoms with E-state index < -0.39 is 112 Å². The van der Waals surface area contributed by atoms with Crippen molar-refractivity contribution in [3.05, 3.63) is 30.1 Å². The highest BCUT2D eigenvalue weighted by Gasteiger charge is 2.84. The number of ether oxygens (including phenoxy) is 5. The Labute approximate surface area is 292 Å². The largest absolute Gasteiger partial charge is 0.462 e. The fraction of sp³-hybridized carbons (Fsp3) is 0.703. The Bertz CT molecular complexity index is 1560. The van der Waals surface area contributed by atoms with E-state index in [0.717, 1.165) is 6.92 Å². The summed E-state index contributed by atoms with van der Waals surface area (Å²) in [6, 6.07) is 3.06. The summed E-state index contributed by atoms with van der Waals surface area (Å²) in [5, 5.41) is 12.8. The van der Waals surface area contributed by atoms with Crippen LogP contribution in [-0.2, 0) is 47.7 Å². The van der Waals surface area contributed by atoms with Crippen LogP contribution in [0, 0.1) is 46.3 Å². The van der Waals surface area contributed by atoms with Crippen LogP contribution in [-0.4, -0.2) is 81.8 Å². The van der Waals surface area contributed by atoms with Crippen LogP contribution >= 0.6 is 0 Å². The smallest absolute Gasteiger partial charge is 0.339 e. The molecule has 13 nitrogen and oxygen atoms in total. The minimum atomic E-state index is -2.36. The molecule has 1 N–H and O–H groups in total. The number of aromatic nitrogens is 1. The summed E-state index contributed by atoms with van der Waals surface area (Å²) in [5.74, 6) is -8.96. The van der Waals surface area contributed by atoms with Gasteiger partial charge in [-0.2, -0.15) is 0 Å². The Morgan fingerprint density at radius 3 is 2.26 bits per heavy atom. The molecule has 0 bridgehead atoms. The zero-order valence-corrected chi connectivity index (χ0v) is 30.2. The lowest BCUT2D eigenvalue weighted by Gasteiger charge is -2.55. The lowest BCUT2D eigenvalue weighted by atomic mass is 9.55. The topological polar surface area (TPSA) is 182 Å². The third kappa shape index (κ3) is 5.88. The molecule has 0 unspecified atom stereocenters. The van der Waals surface area contributed by atoms with Gasteiger partial charge in [0.05, 0.1) is 22.8 Å². The Balaban J connectivity index is 1.88. The molecule has 0 spiro atoms. The second-order valence-electron chi connectivity index (χ2n) is 15.7. The molecule has 5 rings (SSSR count). The fourth-order valence-corrected chi connectivity index (χ4v) is 9.70. The summed E-state index contributed by atoms with van der Waals surface area (Å²) in [7, 11) is 0. The second-order valence-corrected chi connectivity index (χ2v) is 15.7. The quantitative estimate of drug-likeness (QED) is 0.292. The fourth-order valence-electron chi connectivity index (χ4n) is 9.70. The van der Waals surface area contributed by atoms with E-state index in [9.17, 15) is 29.1 Å². The van der Waals surface area contributed by atoms with Gasteiger partial charge in [0.2, 0.25) is 5.78 Å². The van der Waals surface area contributed by atoms with Gasteiger partial charge in [0.1, 0.15) is 30.5 Å². The van der Waals surface area contributed by atoms with Crippen LogP contribution in [0.5, 0.6) is 0 Å². The Hall–Kier alpha value is -3.87. The van der Waals surface area contributed by atoms with E-state index in [4.69, 9.17) is 23.7 Å². The molecule has 0 amide bonds. The maximum Gasteiger partial charge on any atom is 0.339 e. The Morgan fingerprint density at radius 1 is 1.02 bits per heavy atom. The molecule has 1 aromatic rings. The van der Waals surface area contributed by atoms with Gasteiger partial charge in [0.15, 0.2) is 5.60 Å². The number of hydrogen-bond donors (Lipinski definition) is 1. The van der Waals surface area contributed by atoms with Gasteiger partial charge >= 0.3 is 29.8 Å². The first-order valence-electron chi connectivity index (χ1n) is 17.4. The van der Waals surface area contributed by atoms with Crippen molar-refractivity contribution in [3.63, 3.8) is 0 Å². The summed E-state index contributed by atoms with van der Waals surface area (Å²) in [4.78, 5) is 85.7. The SMILES string of the molecule is CCC(=O)O[C@@H]1[C@@H]2[C@@H](OC(=O)C(C)C)[C@@]3(COC(=O)c4cccnc4)[C@@H]([C@@H]4[C@H](C[C@H]3OC(C)=O)C4(C)C)[C@](C)(OC(C)=O)C(=O)[C@@]2(O)C[C@@H]1C. The number of aliphatic hydroxyl groups is 1. The number of pyridine rings is 1. The molecule has 4 aliphatic rings. The first-order chi connectivity index (χ1) is 23.3. The number of rotatable bonds is 9. The van der Waals surface area contributed by atoms with Crippen molar-refractivity contribution in [2.75, 3.05) is 6.61 Å². The van der Waals surface area contributed by atoms with Gasteiger partial charge in [-0.15, -0.1) is 0 Å². The molecule has 50 heavy (non-hydrogen) atoms. The van der Waals surface area contributed by atoms with Gasteiger partial charge in [-0.1, -0.05) is 41.5 Å². The van der Waals surface area contributed by atoms with Crippen molar-refractivity contribution >= 4 is 35.6 Å². The predicted molar refractivity (Wildman–Crippen MR) is 174 cm³/mol. The third-order valence-corrected chi connectivity index (χ3v) is 11.8. The number of carbonyl (C=O) groups excluding carboxylic acids is 6. The molecule has 0 aliphatic heterocycles. The normalized spacial score (nSPS) is 38.0. The van der Waals surface area contributed by atoms with Crippen LogP contribution in [0.2, 0.25) is 0 Å². The van der Waals surface area contributed by atoms with E-state index in [2.05, 4.69) is 4.98 Å². The molecule has 13 heteroatoms. The maximum atomic E-state index is 15.2. The minimum absolute atomic E-state index is 0.0194. The molecule has 0 saturated heterocycles. The number of hydrogen-bond acceptors (Lipinski definition) is 13. The van der Waals surface area contributed by atoms with E-state index in [0.29, 0.717) is 0 Å². The van der Waals surface area contributed by atoms with Crippen LogP contribution in [0.25, 0.3) is 0 Å². The number of ketones is 1. The van der Waals surface area contributed by atoms with Crippen LogP contribution < -0.4 is 0 Å². The number of carbonyl (C=O) groups is 6. The lowest BCUT2D eigenvalue weighted by Crippen LogP contribution is -2.66. The highest BCUT2D eigenvalue weighted by atomic mass is 16.6. The van der Waals surface area contributed by atoms with Crippen molar-refractivity contribution in [1.29, 1.82) is 0 Å². The van der Waals surface area contributed by atoms with Gasteiger partial charge in [0.25, 0.3) is 0 Å². The average molecular weight is 700 g/mol. The van der Waals surface area contributed by atoms with Gasteiger partial charge < -0.3 is 28.8 Å². The number of Topliss-reactive ketones (excluding diaryl/α,β-unsaturated/α-hetero) is 1. The first-order valence-corrected chi connectivity index (χ1v) is 17.4. The van der Waals surface area contributed by atoms with Crippen molar-refractivity contribution < 1.29 is 57.6 Å². The summed E-state index contributed by atoms with van der Waals surface area (Å²) in [5.41, 5.74) is -6.70. The summed E-state index contributed by atoms with van der Waals surface area (Å²) in [6.07, 6.45) is -1.11. The third-order valence-electron chi connectivity index (χ3n) is 11.8. The molecule has 1 aromatic heterocycles. The molecular formula is C37H49NO12. The van der Waals surface area contributed by atoms with Crippen molar-refractivity contribution in [3.8, 4) is 0 Å². The van der Waals surface area contributed by atoms with Crippen LogP contribution in [0.1, 0.15) is 91.9 Å². The van der Waals surface area contributed by atoms with Crippen LogP contribution in [0.4, 0.5) is 0 Å². The number of esters is 5. The predicted octanol–water partition coefficient (Wildman–Crippen LogP) is 3.63. The highest BCUT2D eigenvalue weighted by molar-refractivity contribution is 5.98. The van der Waals surface area contributed by atoms with Crippen LogP contribution in [0.15, 0.2) is 24.5 Å². The molecule has 4 saturated carbocycles. The van der Waals surface area contributed by atoms with Gasteiger partial charge in [0, 0.05) is 38.6 Å². The molecule has 4 aliphatic carbocycles. The minimum Gasteiger partial charge on any atom is -0.462 e. The molecule has 0 aromatic carbocycles. The zero-order chi connectivity index (χ0) is 37.1. The molecular weight excluding hydrogens is 650 g/mol. The van der Waals surface area contributed by atoms with E-state index in [1.165, 1.54) is 32.3 Å². The van der Waals surface area contributed by atoms with E-state index >= 15 is 4.79 Å². The molecule has 0 radical (unpaired) electrons. The van der Waals surface area contributed by atoms with Crippen molar-refractivity contribution in [2.45, 2.75) is 111 Å². The maximum absolute atomic E-state index is 15.2. The standard InChI is InChI=1S/C37H49NO12/c1-10-25(41)48-28-19(4)15-37(45)27(28)30(49-31(42)18(2)3)36(17-46-32(43)22-12-11-13-38-16-22)24(47-20(5)39)14-23-26(34(23,7)8)29(36)35(9,33(37)44)50-21(6)40/h11-13,16,18-19,23-24,26-30,45H,10,14-15,17H2,1-9H3/t19-,23-,24+,26-,27+,28-,29-,30+,35-,36+,37+/m0/s1. The van der Waals surface area contributed by atoms with Crippen molar-refractivity contribution in [2.24, 2.45) is 46.3 Å². The molecule has 1 heterocycles. The first kappa shape index (κ1) is 37.4. The zero-order valence-electron chi connectivity index (χ0n) is 30.2. The summed E-state index contributed by atoms with van der Waals surface area (Å²) in [6.45, 7) is 13.7. The number of fused-ring (bicyclic) bond motifs is 4. The monoisotopic (exact) mass is 699 g/mol. The second kappa shape index (κ2) is 13.0. The Morgan fingerprint density at radius 2 is 1.70 bits per heavy atom. The van der Waals surface area contributed by atoms with E-state index in [1.54, 1.807) is 33.8 Å². The average Bonchev–Trinajstić information content (AvgIpc) is 3.48. The summed E-state index contributed by atoms with van der Waals surface area (Å²) >= 11 is 0. The van der Waals surface area contributed by atoms with Gasteiger partial charge in [-0.05, 0) is 55.1 Å².